The Morgan fingerprint density at radius 3 is 2.57 bits per heavy atom. The number of aromatic nitrogens is 2. The summed E-state index contributed by atoms with van der Waals surface area (Å²) in [5.74, 6) is 0.149. The number of hydrogen-bond acceptors (Lipinski definition) is 4. The van der Waals surface area contributed by atoms with E-state index in [4.69, 9.17) is 4.74 Å². The molecule has 0 aliphatic rings. The lowest BCUT2D eigenvalue weighted by atomic mass is 10.2. The van der Waals surface area contributed by atoms with E-state index in [1.54, 1.807) is 19.2 Å². The zero-order valence-electron chi connectivity index (χ0n) is 8.87. The van der Waals surface area contributed by atoms with Gasteiger partial charge in [-0.1, -0.05) is 0 Å². The molecule has 0 atom stereocenters. The standard InChI is InChI=1S/C10H14N2O2/c1-7-11-6-5-8(12-7)9(13)14-10(2,3)4/h5-6H,1-4H3. The van der Waals surface area contributed by atoms with Crippen LogP contribution >= 0.6 is 0 Å². The van der Waals surface area contributed by atoms with E-state index in [1.165, 1.54) is 0 Å². The lowest BCUT2D eigenvalue weighted by Gasteiger charge is -2.18. The second-order valence-electron chi connectivity index (χ2n) is 3.99. The number of nitrogens with zero attached hydrogens (tertiary/aromatic N) is 2. The second-order valence-corrected chi connectivity index (χ2v) is 3.99. The molecule has 0 radical (unpaired) electrons. The van der Waals surface area contributed by atoms with Crippen LogP contribution in [0.25, 0.3) is 0 Å². The van der Waals surface area contributed by atoms with Gasteiger partial charge < -0.3 is 4.74 Å². The molecule has 4 nitrogen and oxygen atoms in total. The van der Waals surface area contributed by atoms with Gasteiger partial charge in [0, 0.05) is 6.20 Å². The van der Waals surface area contributed by atoms with Gasteiger partial charge in [-0.05, 0) is 33.8 Å². The van der Waals surface area contributed by atoms with Crippen LogP contribution in [0.2, 0.25) is 0 Å². The number of carbonyl (C=O) groups is 1. The van der Waals surface area contributed by atoms with Crippen LogP contribution in [-0.4, -0.2) is 21.5 Å². The Bertz CT molecular complexity index is 342. The highest BCUT2D eigenvalue weighted by Crippen LogP contribution is 2.10. The summed E-state index contributed by atoms with van der Waals surface area (Å²) >= 11 is 0. The highest BCUT2D eigenvalue weighted by Gasteiger charge is 2.18. The summed E-state index contributed by atoms with van der Waals surface area (Å²) in [6, 6.07) is 1.54. The fourth-order valence-corrected chi connectivity index (χ4v) is 0.900. The van der Waals surface area contributed by atoms with Crippen molar-refractivity contribution >= 4 is 5.97 Å². The van der Waals surface area contributed by atoms with Gasteiger partial charge in [0.25, 0.3) is 0 Å². The molecule has 0 saturated carbocycles. The fourth-order valence-electron chi connectivity index (χ4n) is 0.900. The van der Waals surface area contributed by atoms with Crippen molar-refractivity contribution in [1.82, 2.24) is 9.97 Å². The summed E-state index contributed by atoms with van der Waals surface area (Å²) in [7, 11) is 0. The topological polar surface area (TPSA) is 52.1 Å². The van der Waals surface area contributed by atoms with Crippen LogP contribution in [0.5, 0.6) is 0 Å². The zero-order chi connectivity index (χ0) is 10.8. The number of esters is 1. The van der Waals surface area contributed by atoms with Gasteiger partial charge >= 0.3 is 5.97 Å². The molecule has 0 fully saturated rings. The van der Waals surface area contributed by atoms with E-state index in [1.807, 2.05) is 20.8 Å². The van der Waals surface area contributed by atoms with Gasteiger partial charge in [-0.3, -0.25) is 0 Å². The Labute approximate surface area is 83.3 Å². The van der Waals surface area contributed by atoms with Crippen molar-refractivity contribution < 1.29 is 9.53 Å². The van der Waals surface area contributed by atoms with Gasteiger partial charge in [-0.15, -0.1) is 0 Å². The van der Waals surface area contributed by atoms with E-state index in [0.717, 1.165) is 0 Å². The molecule has 0 saturated heterocycles. The van der Waals surface area contributed by atoms with E-state index in [-0.39, 0.29) is 0 Å². The smallest absolute Gasteiger partial charge is 0.357 e. The Balaban J connectivity index is 2.80. The van der Waals surface area contributed by atoms with E-state index in [2.05, 4.69) is 9.97 Å². The normalized spacial score (nSPS) is 11.1. The lowest BCUT2D eigenvalue weighted by Crippen LogP contribution is -2.24. The first kappa shape index (κ1) is 10.6. The Hall–Kier alpha value is -1.45. The van der Waals surface area contributed by atoms with Crippen molar-refractivity contribution in [1.29, 1.82) is 0 Å². The number of rotatable bonds is 1. The number of hydrogen-bond donors (Lipinski definition) is 0. The summed E-state index contributed by atoms with van der Waals surface area (Å²) in [5.41, 5.74) is -0.192. The third-order valence-corrected chi connectivity index (χ3v) is 1.38. The van der Waals surface area contributed by atoms with Gasteiger partial charge in [-0.25, -0.2) is 14.8 Å². The molecule has 1 aromatic heterocycles. The Kier molecular flexibility index (Phi) is 2.84. The van der Waals surface area contributed by atoms with Crippen LogP contribution < -0.4 is 0 Å². The van der Waals surface area contributed by atoms with Crippen LogP contribution in [0.4, 0.5) is 0 Å². The first-order chi connectivity index (χ1) is 6.38. The minimum atomic E-state index is -0.490. The molecule has 1 heterocycles. The molecule has 0 unspecified atom stereocenters. The molecular formula is C10H14N2O2. The van der Waals surface area contributed by atoms with Crippen molar-refractivity contribution in [2.45, 2.75) is 33.3 Å². The van der Waals surface area contributed by atoms with Crippen LogP contribution in [0, 0.1) is 6.92 Å². The fraction of sp³-hybridized carbons (Fsp3) is 0.500. The molecule has 0 aliphatic carbocycles. The quantitative estimate of drug-likeness (QED) is 0.639. The summed E-state index contributed by atoms with van der Waals surface area (Å²) in [6.45, 7) is 7.19. The second kappa shape index (κ2) is 3.74. The molecule has 0 N–H and O–H groups in total. The van der Waals surface area contributed by atoms with Gasteiger partial charge in [0.2, 0.25) is 0 Å². The van der Waals surface area contributed by atoms with Gasteiger partial charge in [0.05, 0.1) is 0 Å². The molecule has 0 amide bonds. The van der Waals surface area contributed by atoms with Gasteiger partial charge in [-0.2, -0.15) is 0 Å². The summed E-state index contributed by atoms with van der Waals surface area (Å²) in [6.07, 6.45) is 1.54. The number of ether oxygens (including phenoxy) is 1. The molecular weight excluding hydrogens is 180 g/mol. The van der Waals surface area contributed by atoms with E-state index < -0.39 is 11.6 Å². The van der Waals surface area contributed by atoms with Crippen molar-refractivity contribution in [2.75, 3.05) is 0 Å². The molecule has 1 aromatic rings. The van der Waals surface area contributed by atoms with E-state index in [9.17, 15) is 4.79 Å². The van der Waals surface area contributed by atoms with Gasteiger partial charge in [0.15, 0.2) is 5.69 Å². The zero-order valence-corrected chi connectivity index (χ0v) is 8.87. The first-order valence-electron chi connectivity index (χ1n) is 4.41. The number of carbonyl (C=O) groups excluding carboxylic acids is 1. The maximum Gasteiger partial charge on any atom is 0.357 e. The molecule has 0 aromatic carbocycles. The van der Waals surface area contributed by atoms with Crippen molar-refractivity contribution in [3.8, 4) is 0 Å². The number of aryl methyl sites for hydroxylation is 1. The highest BCUT2D eigenvalue weighted by atomic mass is 16.6. The molecule has 76 valence electrons. The molecule has 1 rings (SSSR count). The molecule has 0 aliphatic heterocycles. The molecule has 0 spiro atoms. The maximum atomic E-state index is 11.5. The first-order valence-corrected chi connectivity index (χ1v) is 4.41. The summed E-state index contributed by atoms with van der Waals surface area (Å²) < 4.78 is 5.15. The Morgan fingerprint density at radius 2 is 2.07 bits per heavy atom. The van der Waals surface area contributed by atoms with Crippen molar-refractivity contribution in [3.63, 3.8) is 0 Å². The molecule has 4 heteroatoms. The monoisotopic (exact) mass is 194 g/mol. The van der Waals surface area contributed by atoms with E-state index in [0.29, 0.717) is 11.5 Å². The Morgan fingerprint density at radius 1 is 1.43 bits per heavy atom. The molecule has 14 heavy (non-hydrogen) atoms. The highest BCUT2D eigenvalue weighted by molar-refractivity contribution is 5.87. The minimum Gasteiger partial charge on any atom is -0.455 e. The van der Waals surface area contributed by atoms with Gasteiger partial charge in [0.1, 0.15) is 11.4 Å². The average Bonchev–Trinajstić information content (AvgIpc) is 2.01. The average molecular weight is 194 g/mol. The third-order valence-electron chi connectivity index (χ3n) is 1.38. The summed E-state index contributed by atoms with van der Waals surface area (Å²) in [5, 5.41) is 0. The SMILES string of the molecule is Cc1nccc(C(=O)OC(C)(C)C)n1. The van der Waals surface area contributed by atoms with Crippen LogP contribution in [-0.2, 0) is 4.74 Å². The third kappa shape index (κ3) is 3.12. The predicted octanol–water partition coefficient (Wildman–Crippen LogP) is 1.74. The summed E-state index contributed by atoms with van der Waals surface area (Å²) in [4.78, 5) is 19.4. The predicted molar refractivity (Wildman–Crippen MR) is 51.9 cm³/mol. The lowest BCUT2D eigenvalue weighted by molar-refractivity contribution is 0.00623. The minimum absolute atomic E-state index is 0.299. The van der Waals surface area contributed by atoms with Crippen molar-refractivity contribution in [3.05, 3.63) is 23.8 Å². The van der Waals surface area contributed by atoms with Crippen LogP contribution in [0.15, 0.2) is 12.3 Å². The largest absolute Gasteiger partial charge is 0.455 e. The van der Waals surface area contributed by atoms with Crippen LogP contribution in [0.1, 0.15) is 37.1 Å². The maximum absolute atomic E-state index is 11.5. The van der Waals surface area contributed by atoms with Crippen LogP contribution in [0.3, 0.4) is 0 Å². The molecule has 0 bridgehead atoms. The van der Waals surface area contributed by atoms with E-state index >= 15 is 0 Å². The van der Waals surface area contributed by atoms with Crippen molar-refractivity contribution in [2.24, 2.45) is 0 Å².